The summed E-state index contributed by atoms with van der Waals surface area (Å²) in [4.78, 5) is 24.6. The summed E-state index contributed by atoms with van der Waals surface area (Å²) < 4.78 is 10.1. The molecule has 0 saturated heterocycles. The Balaban J connectivity index is 2.27. The zero-order valence-corrected chi connectivity index (χ0v) is 13.5. The number of benzene rings is 2. The number of carbonyl (C=O) groups is 1. The number of fused-ring (bicyclic) bond motifs is 1. The molecule has 0 N–H and O–H groups in total. The van der Waals surface area contributed by atoms with Gasteiger partial charge < -0.3 is 9.15 Å². The number of hydrogen-bond donors (Lipinski definition) is 0. The Bertz CT molecular complexity index is 938. The van der Waals surface area contributed by atoms with Gasteiger partial charge in [-0.15, -0.1) is 11.8 Å². The molecule has 4 nitrogen and oxygen atoms in total. The molecular weight excluding hydrogens is 312 g/mol. The van der Waals surface area contributed by atoms with Crippen LogP contribution in [0.4, 0.5) is 0 Å². The molecule has 0 fully saturated rings. The van der Waals surface area contributed by atoms with Gasteiger partial charge in [0.25, 0.3) is 0 Å². The lowest BCUT2D eigenvalue weighted by Crippen LogP contribution is -2.17. The van der Waals surface area contributed by atoms with Crippen LogP contribution in [-0.2, 0) is 4.74 Å². The molecule has 0 unspecified atom stereocenters. The number of rotatable bonds is 3. The fourth-order valence-electron chi connectivity index (χ4n) is 2.49. The topological polar surface area (TPSA) is 56.5 Å². The summed E-state index contributed by atoms with van der Waals surface area (Å²) in [6.07, 6.45) is 1.80. The highest BCUT2D eigenvalue weighted by Crippen LogP contribution is 2.31. The molecular formula is C18H14O4S. The quantitative estimate of drug-likeness (QED) is 0.538. The first kappa shape index (κ1) is 15.4. The molecule has 23 heavy (non-hydrogen) atoms. The lowest BCUT2D eigenvalue weighted by Gasteiger charge is -2.09. The van der Waals surface area contributed by atoms with Crippen LogP contribution >= 0.6 is 11.8 Å². The summed E-state index contributed by atoms with van der Waals surface area (Å²) in [5.74, 6) is -0.253. The van der Waals surface area contributed by atoms with Crippen molar-refractivity contribution in [1.29, 1.82) is 0 Å². The average molecular weight is 326 g/mol. The van der Waals surface area contributed by atoms with E-state index in [1.54, 1.807) is 12.3 Å². The van der Waals surface area contributed by atoms with Crippen molar-refractivity contribution in [3.8, 4) is 11.3 Å². The molecule has 0 atom stereocenters. The standard InChI is InChI=1S/C18H14O4S/c1-21-17(19)16-15(23-2)10-14(22-18(16)20)13-9-5-7-11-6-3-4-8-12(11)13/h3-10H,1-2H3. The van der Waals surface area contributed by atoms with Crippen molar-refractivity contribution in [2.75, 3.05) is 13.4 Å². The number of ether oxygens (including phenoxy) is 1. The van der Waals surface area contributed by atoms with Crippen LogP contribution in [-0.4, -0.2) is 19.3 Å². The number of esters is 1. The van der Waals surface area contributed by atoms with E-state index >= 15 is 0 Å². The fraction of sp³-hybridized carbons (Fsp3) is 0.111. The molecule has 1 heterocycles. The highest BCUT2D eigenvalue weighted by atomic mass is 32.2. The van der Waals surface area contributed by atoms with Crippen LogP contribution in [0.2, 0.25) is 0 Å². The Kier molecular flexibility index (Phi) is 4.21. The van der Waals surface area contributed by atoms with Crippen molar-refractivity contribution in [2.45, 2.75) is 4.90 Å². The Morgan fingerprint density at radius 2 is 1.87 bits per heavy atom. The SMILES string of the molecule is COC(=O)c1c(SC)cc(-c2cccc3ccccc23)oc1=O. The van der Waals surface area contributed by atoms with Crippen LogP contribution in [0.25, 0.3) is 22.1 Å². The molecule has 0 amide bonds. The number of hydrogen-bond acceptors (Lipinski definition) is 5. The second-order valence-electron chi connectivity index (χ2n) is 4.86. The maximum Gasteiger partial charge on any atom is 0.352 e. The fourth-order valence-corrected chi connectivity index (χ4v) is 3.09. The van der Waals surface area contributed by atoms with Gasteiger partial charge in [-0.1, -0.05) is 42.5 Å². The molecule has 0 spiro atoms. The minimum Gasteiger partial charge on any atom is -0.465 e. The van der Waals surface area contributed by atoms with Gasteiger partial charge >= 0.3 is 11.6 Å². The van der Waals surface area contributed by atoms with E-state index in [1.165, 1.54) is 18.9 Å². The van der Waals surface area contributed by atoms with Crippen LogP contribution in [0.5, 0.6) is 0 Å². The van der Waals surface area contributed by atoms with E-state index in [0.717, 1.165) is 16.3 Å². The Labute approximate surface area is 137 Å². The van der Waals surface area contributed by atoms with Gasteiger partial charge in [0.1, 0.15) is 5.76 Å². The molecule has 116 valence electrons. The van der Waals surface area contributed by atoms with E-state index in [2.05, 4.69) is 4.74 Å². The minimum absolute atomic E-state index is 0.0658. The first-order valence-corrected chi connectivity index (χ1v) is 8.16. The van der Waals surface area contributed by atoms with Gasteiger partial charge in [0.05, 0.1) is 7.11 Å². The zero-order chi connectivity index (χ0) is 16.4. The molecule has 0 bridgehead atoms. The summed E-state index contributed by atoms with van der Waals surface area (Å²) in [5.41, 5.74) is 0.0579. The predicted octanol–water partition coefficient (Wildman–Crippen LogP) is 3.97. The zero-order valence-electron chi connectivity index (χ0n) is 12.7. The maximum atomic E-state index is 12.2. The molecule has 0 radical (unpaired) electrons. The average Bonchev–Trinajstić information content (AvgIpc) is 2.59. The van der Waals surface area contributed by atoms with Crippen LogP contribution < -0.4 is 5.63 Å². The highest BCUT2D eigenvalue weighted by Gasteiger charge is 2.20. The van der Waals surface area contributed by atoms with Gasteiger partial charge in [0.15, 0.2) is 5.56 Å². The van der Waals surface area contributed by atoms with Crippen molar-refractivity contribution >= 4 is 28.5 Å². The molecule has 2 aromatic carbocycles. The molecule has 3 aromatic rings. The second kappa shape index (κ2) is 6.30. The molecule has 0 aliphatic heterocycles. The predicted molar refractivity (Wildman–Crippen MR) is 91.0 cm³/mol. The van der Waals surface area contributed by atoms with Crippen LogP contribution in [0.15, 0.2) is 62.6 Å². The van der Waals surface area contributed by atoms with Crippen LogP contribution in [0, 0.1) is 0 Å². The molecule has 1 aromatic heterocycles. The van der Waals surface area contributed by atoms with E-state index in [9.17, 15) is 9.59 Å². The van der Waals surface area contributed by atoms with Crippen molar-refractivity contribution in [3.63, 3.8) is 0 Å². The Hall–Kier alpha value is -2.53. The lowest BCUT2D eigenvalue weighted by molar-refractivity contribution is 0.0591. The smallest absolute Gasteiger partial charge is 0.352 e. The molecule has 5 heteroatoms. The minimum atomic E-state index is -0.688. The van der Waals surface area contributed by atoms with Gasteiger partial charge in [-0.3, -0.25) is 0 Å². The number of methoxy groups -OCH3 is 1. The number of carbonyl (C=O) groups excluding carboxylic acids is 1. The van der Waals surface area contributed by atoms with Gasteiger partial charge in [-0.25, -0.2) is 9.59 Å². The van der Waals surface area contributed by atoms with Crippen LogP contribution in [0.3, 0.4) is 0 Å². The van der Waals surface area contributed by atoms with Gasteiger partial charge in [0, 0.05) is 10.5 Å². The molecule has 0 aliphatic rings. The molecule has 0 saturated carbocycles. The first-order chi connectivity index (χ1) is 11.2. The maximum absolute atomic E-state index is 12.2. The second-order valence-corrected chi connectivity index (χ2v) is 5.71. The number of thioether (sulfide) groups is 1. The lowest BCUT2D eigenvalue weighted by atomic mass is 10.0. The van der Waals surface area contributed by atoms with Crippen molar-refractivity contribution in [1.82, 2.24) is 0 Å². The van der Waals surface area contributed by atoms with Crippen molar-refractivity contribution in [2.24, 2.45) is 0 Å². The summed E-state index contributed by atoms with van der Waals surface area (Å²) in [6, 6.07) is 15.4. The van der Waals surface area contributed by atoms with Gasteiger partial charge in [-0.2, -0.15) is 0 Å². The molecule has 0 aliphatic carbocycles. The normalized spacial score (nSPS) is 10.7. The van der Waals surface area contributed by atoms with E-state index < -0.39 is 11.6 Å². The Morgan fingerprint density at radius 3 is 2.61 bits per heavy atom. The first-order valence-electron chi connectivity index (χ1n) is 6.94. The van der Waals surface area contributed by atoms with Crippen molar-refractivity contribution < 1.29 is 13.9 Å². The third-order valence-electron chi connectivity index (χ3n) is 3.58. The van der Waals surface area contributed by atoms with Crippen molar-refractivity contribution in [3.05, 3.63) is 64.5 Å². The monoisotopic (exact) mass is 326 g/mol. The largest absolute Gasteiger partial charge is 0.465 e. The Morgan fingerprint density at radius 1 is 1.13 bits per heavy atom. The van der Waals surface area contributed by atoms with Gasteiger partial charge in [0.2, 0.25) is 0 Å². The third-order valence-corrected chi connectivity index (χ3v) is 4.34. The highest BCUT2D eigenvalue weighted by molar-refractivity contribution is 7.98. The third kappa shape index (κ3) is 2.75. The van der Waals surface area contributed by atoms with Gasteiger partial charge in [-0.05, 0) is 23.1 Å². The van der Waals surface area contributed by atoms with E-state index in [0.29, 0.717) is 10.7 Å². The van der Waals surface area contributed by atoms with E-state index in [4.69, 9.17) is 4.42 Å². The van der Waals surface area contributed by atoms with E-state index in [1.807, 2.05) is 42.5 Å². The summed E-state index contributed by atoms with van der Waals surface area (Å²) >= 11 is 1.31. The summed E-state index contributed by atoms with van der Waals surface area (Å²) in [6.45, 7) is 0. The molecule has 3 rings (SSSR count). The summed E-state index contributed by atoms with van der Waals surface area (Å²) in [7, 11) is 1.24. The summed E-state index contributed by atoms with van der Waals surface area (Å²) in [5, 5.41) is 2.03. The van der Waals surface area contributed by atoms with E-state index in [-0.39, 0.29) is 5.56 Å². The van der Waals surface area contributed by atoms with Crippen LogP contribution in [0.1, 0.15) is 10.4 Å².